The lowest BCUT2D eigenvalue weighted by Gasteiger charge is -2.58. The first-order valence-electron chi connectivity index (χ1n) is 6.83. The number of amides is 1. The first-order valence-corrected chi connectivity index (χ1v) is 7.98. The second-order valence-electron chi connectivity index (χ2n) is 6.13. The maximum absolute atomic E-state index is 12.4. The average Bonchev–Trinajstić information content (AvgIpc) is 2.36. The van der Waals surface area contributed by atoms with Crippen LogP contribution in [0.4, 0.5) is 0 Å². The van der Waals surface area contributed by atoms with Crippen molar-refractivity contribution in [3.05, 3.63) is 11.3 Å². The number of rotatable bonds is 1. The van der Waals surface area contributed by atoms with Gasteiger partial charge in [-0.3, -0.25) is 4.79 Å². The normalized spacial score (nSPS) is 40.9. The molecule has 4 nitrogen and oxygen atoms in total. The van der Waals surface area contributed by atoms with Crippen LogP contribution in [0.2, 0.25) is 0 Å². The van der Waals surface area contributed by atoms with E-state index in [-0.39, 0.29) is 17.7 Å². The molecule has 0 aromatic carbocycles. The predicted octanol–water partition coefficient (Wildman–Crippen LogP) is 1.25. The molecule has 0 radical (unpaired) electrons. The Morgan fingerprint density at radius 1 is 1.58 bits per heavy atom. The van der Waals surface area contributed by atoms with Gasteiger partial charge in [0.2, 0.25) is 5.91 Å². The predicted molar refractivity (Wildman–Crippen MR) is 75.0 cm³/mol. The number of nitrogens with one attached hydrogen (secondary N) is 1. The molecule has 4 aliphatic rings. The fourth-order valence-corrected chi connectivity index (χ4v) is 5.61. The Hall–Kier alpha value is -1.15. The molecule has 2 fully saturated rings. The fraction of sp³-hybridized carbons (Fsp3) is 0.714. The third-order valence-corrected chi connectivity index (χ3v) is 6.09. The molecule has 3 heterocycles. The van der Waals surface area contributed by atoms with Crippen molar-refractivity contribution in [2.24, 2.45) is 29.4 Å². The number of nitriles is 1. The van der Waals surface area contributed by atoms with E-state index < -0.39 is 5.54 Å². The van der Waals surface area contributed by atoms with Crippen molar-refractivity contribution in [1.29, 1.82) is 5.26 Å². The van der Waals surface area contributed by atoms with E-state index in [1.54, 1.807) is 0 Å². The maximum Gasteiger partial charge on any atom is 0.230 e. The summed E-state index contributed by atoms with van der Waals surface area (Å²) < 4.78 is 0. The molecule has 19 heavy (non-hydrogen) atoms. The van der Waals surface area contributed by atoms with Crippen LogP contribution < -0.4 is 11.1 Å². The summed E-state index contributed by atoms with van der Waals surface area (Å²) in [6.07, 6.45) is 0.827. The van der Waals surface area contributed by atoms with Crippen LogP contribution in [0.3, 0.4) is 0 Å². The minimum Gasteiger partial charge on any atom is -0.401 e. The van der Waals surface area contributed by atoms with Crippen LogP contribution in [-0.4, -0.2) is 23.0 Å². The molecule has 2 saturated heterocycles. The number of carbonyl (C=O) groups excluding carboxylic acids is 1. The highest BCUT2D eigenvalue weighted by Gasteiger charge is 2.61. The van der Waals surface area contributed by atoms with Crippen molar-refractivity contribution in [2.75, 3.05) is 11.5 Å². The van der Waals surface area contributed by atoms with Gasteiger partial charge in [-0.15, -0.1) is 0 Å². The topological polar surface area (TPSA) is 78.9 Å². The lowest BCUT2D eigenvalue weighted by atomic mass is 9.55. The molecular formula is C14H19N3OS. The summed E-state index contributed by atoms with van der Waals surface area (Å²) >= 11 is 1.93. The molecule has 1 spiro atoms. The highest BCUT2D eigenvalue weighted by molar-refractivity contribution is 7.99. The molecule has 0 saturated carbocycles. The van der Waals surface area contributed by atoms with Gasteiger partial charge in [-0.05, 0) is 29.8 Å². The largest absolute Gasteiger partial charge is 0.401 e. The third-order valence-electron chi connectivity index (χ3n) is 5.00. The third kappa shape index (κ3) is 1.50. The van der Waals surface area contributed by atoms with E-state index in [9.17, 15) is 10.1 Å². The number of nitrogens with zero attached hydrogens (tertiary/aromatic N) is 1. The maximum atomic E-state index is 12.4. The van der Waals surface area contributed by atoms with Gasteiger partial charge in [0.05, 0.1) is 23.1 Å². The Labute approximate surface area is 117 Å². The molecule has 3 N–H and O–H groups in total. The van der Waals surface area contributed by atoms with Crippen LogP contribution in [0.1, 0.15) is 20.3 Å². The molecule has 1 aliphatic carbocycles. The Morgan fingerprint density at radius 2 is 2.32 bits per heavy atom. The number of hydrogen-bond donors (Lipinski definition) is 2. The van der Waals surface area contributed by atoms with Gasteiger partial charge in [0.25, 0.3) is 0 Å². The van der Waals surface area contributed by atoms with Crippen LogP contribution >= 0.6 is 11.8 Å². The van der Waals surface area contributed by atoms with Crippen molar-refractivity contribution < 1.29 is 4.79 Å². The van der Waals surface area contributed by atoms with Crippen molar-refractivity contribution in [1.82, 2.24) is 5.32 Å². The van der Waals surface area contributed by atoms with E-state index in [1.807, 2.05) is 11.8 Å². The summed E-state index contributed by atoms with van der Waals surface area (Å²) in [5.74, 6) is 2.72. The van der Waals surface area contributed by atoms with Crippen molar-refractivity contribution in [3.63, 3.8) is 0 Å². The minimum absolute atomic E-state index is 0.0263. The minimum atomic E-state index is -0.481. The second-order valence-corrected chi connectivity index (χ2v) is 7.28. The lowest BCUT2D eigenvalue weighted by Crippen LogP contribution is -2.71. The first-order chi connectivity index (χ1) is 9.03. The van der Waals surface area contributed by atoms with E-state index in [0.29, 0.717) is 23.1 Å². The molecule has 0 unspecified atom stereocenters. The molecule has 4 rings (SSSR count). The van der Waals surface area contributed by atoms with Gasteiger partial charge in [-0.2, -0.15) is 17.0 Å². The summed E-state index contributed by atoms with van der Waals surface area (Å²) in [7, 11) is 0. The average molecular weight is 277 g/mol. The number of carbonyl (C=O) groups is 1. The van der Waals surface area contributed by atoms with E-state index in [2.05, 4.69) is 25.2 Å². The zero-order valence-electron chi connectivity index (χ0n) is 11.3. The zero-order chi connectivity index (χ0) is 13.8. The molecule has 102 valence electrons. The molecular weight excluding hydrogens is 258 g/mol. The van der Waals surface area contributed by atoms with E-state index in [0.717, 1.165) is 17.9 Å². The van der Waals surface area contributed by atoms with Gasteiger partial charge in [-0.25, -0.2) is 0 Å². The van der Waals surface area contributed by atoms with Crippen molar-refractivity contribution in [3.8, 4) is 6.07 Å². The zero-order valence-corrected chi connectivity index (χ0v) is 12.1. The quantitative estimate of drug-likeness (QED) is 0.756. The van der Waals surface area contributed by atoms with Crippen LogP contribution in [0, 0.1) is 35.0 Å². The number of hydrogen-bond acceptors (Lipinski definition) is 4. The van der Waals surface area contributed by atoms with Crippen LogP contribution in [0.25, 0.3) is 0 Å². The highest BCUT2D eigenvalue weighted by Crippen LogP contribution is 2.54. The summed E-state index contributed by atoms with van der Waals surface area (Å²) in [4.78, 5) is 12.4. The van der Waals surface area contributed by atoms with Crippen LogP contribution in [0.5, 0.6) is 0 Å². The molecule has 0 aromatic heterocycles. The van der Waals surface area contributed by atoms with Crippen molar-refractivity contribution in [2.45, 2.75) is 25.8 Å². The number of piperidine rings is 1. The first kappa shape index (κ1) is 12.9. The Kier molecular flexibility index (Phi) is 2.82. The monoisotopic (exact) mass is 277 g/mol. The molecule has 2 bridgehead atoms. The van der Waals surface area contributed by atoms with Gasteiger partial charge in [0.1, 0.15) is 0 Å². The summed E-state index contributed by atoms with van der Waals surface area (Å²) in [6, 6.07) is 2.29. The SMILES string of the molecule is CC(C)[C@@H]1[C@H]2C(=O)N[C@]3(CCSC[C@H]13)C(C#N)=C2N. The second kappa shape index (κ2) is 4.17. The van der Waals surface area contributed by atoms with Gasteiger partial charge >= 0.3 is 0 Å². The summed E-state index contributed by atoms with van der Waals surface area (Å²) in [6.45, 7) is 4.32. The molecule has 4 atom stereocenters. The number of fused-ring (bicyclic) bond motifs is 1. The Morgan fingerprint density at radius 3 is 2.95 bits per heavy atom. The molecule has 5 heteroatoms. The Bertz CT molecular complexity index is 507. The fourth-order valence-electron chi connectivity index (χ4n) is 4.22. The highest BCUT2D eigenvalue weighted by atomic mass is 32.2. The lowest BCUT2D eigenvalue weighted by molar-refractivity contribution is -0.136. The van der Waals surface area contributed by atoms with Crippen molar-refractivity contribution >= 4 is 17.7 Å². The van der Waals surface area contributed by atoms with Crippen LogP contribution in [-0.2, 0) is 4.79 Å². The molecule has 0 aromatic rings. The van der Waals surface area contributed by atoms with Crippen LogP contribution in [0.15, 0.2) is 11.3 Å². The van der Waals surface area contributed by atoms with E-state index in [1.165, 1.54) is 0 Å². The number of thioether (sulfide) groups is 1. The standard InChI is InChI=1S/C14H19N3OS/c1-7(2)10-9-6-19-4-3-14(9)8(5-15)12(16)11(10)13(18)17-14/h7,9-11H,3-4,6,16H2,1-2H3,(H,17,18)/t9-,10+,11-,14-/m1/s1. The Balaban J connectivity index is 2.20. The number of nitrogens with two attached hydrogens (primary N) is 1. The summed E-state index contributed by atoms with van der Waals surface area (Å²) in [5.41, 5.74) is 6.88. The van der Waals surface area contributed by atoms with Gasteiger partial charge in [0.15, 0.2) is 0 Å². The van der Waals surface area contributed by atoms with Gasteiger partial charge < -0.3 is 11.1 Å². The smallest absolute Gasteiger partial charge is 0.230 e. The van der Waals surface area contributed by atoms with Gasteiger partial charge in [0, 0.05) is 11.6 Å². The van der Waals surface area contributed by atoms with E-state index >= 15 is 0 Å². The molecule has 3 aliphatic heterocycles. The summed E-state index contributed by atoms with van der Waals surface area (Å²) in [5, 5.41) is 12.6. The van der Waals surface area contributed by atoms with Gasteiger partial charge in [-0.1, -0.05) is 13.8 Å². The molecule has 1 amide bonds. The van der Waals surface area contributed by atoms with E-state index in [4.69, 9.17) is 5.73 Å².